The van der Waals surface area contributed by atoms with Crippen LogP contribution in [-0.2, 0) is 5.60 Å². The lowest BCUT2D eigenvalue weighted by atomic mass is 9.72. The van der Waals surface area contributed by atoms with Crippen molar-refractivity contribution >= 4 is 6.09 Å². The number of carboxylic acid groups (broad SMARTS) is 1. The van der Waals surface area contributed by atoms with Crippen LogP contribution < -0.4 is 10.6 Å². The molecule has 0 aliphatic carbocycles. The second-order valence-electron chi connectivity index (χ2n) is 7.09. The maximum absolute atomic E-state index is 11.9. The van der Waals surface area contributed by atoms with Gasteiger partial charge < -0.3 is 20.8 Å². The fraction of sp³-hybridized carbons (Fsp3) is 0.429. The highest BCUT2D eigenvalue weighted by Crippen LogP contribution is 2.42. The largest absolute Gasteiger partial charge is 0.465 e. The molecular formula is C21H27N3O3. The molecule has 1 fully saturated rings. The summed E-state index contributed by atoms with van der Waals surface area (Å²) in [7, 11) is 0. The van der Waals surface area contributed by atoms with E-state index in [2.05, 4.69) is 15.6 Å². The Balaban J connectivity index is 1.94. The zero-order chi connectivity index (χ0) is 19.1. The number of nitrogens with zero attached hydrogens (tertiary/aromatic N) is 1. The van der Waals surface area contributed by atoms with Gasteiger partial charge in [-0.2, -0.15) is 0 Å². The first-order chi connectivity index (χ1) is 13.1. The van der Waals surface area contributed by atoms with Gasteiger partial charge in [-0.25, -0.2) is 4.79 Å². The number of aromatic nitrogens is 1. The minimum Gasteiger partial charge on any atom is -0.465 e. The average Bonchev–Trinajstić information content (AvgIpc) is 2.72. The lowest BCUT2D eigenvalue weighted by Gasteiger charge is -2.40. The highest BCUT2D eigenvalue weighted by Gasteiger charge is 2.40. The van der Waals surface area contributed by atoms with Crippen LogP contribution >= 0.6 is 0 Å². The fourth-order valence-electron chi connectivity index (χ4n) is 4.01. The van der Waals surface area contributed by atoms with Gasteiger partial charge >= 0.3 is 6.09 Å². The van der Waals surface area contributed by atoms with E-state index in [1.54, 1.807) is 6.20 Å². The van der Waals surface area contributed by atoms with Gasteiger partial charge in [0.2, 0.25) is 0 Å². The van der Waals surface area contributed by atoms with Crippen LogP contribution in [0.15, 0.2) is 48.8 Å². The molecule has 1 amide bonds. The summed E-state index contributed by atoms with van der Waals surface area (Å²) in [5.41, 5.74) is 1.81. The number of carbonyl (C=O) groups is 1. The summed E-state index contributed by atoms with van der Waals surface area (Å²) in [4.78, 5) is 15.0. The molecule has 0 saturated carbocycles. The summed E-state index contributed by atoms with van der Waals surface area (Å²) >= 11 is 0. The molecule has 2 aromatic rings. The molecule has 27 heavy (non-hydrogen) atoms. The van der Waals surface area contributed by atoms with Gasteiger partial charge in [0.05, 0.1) is 5.60 Å². The standard InChI is InChI=1S/C21H27N3O3/c25-20(26)24-13-5-10-21(27,17-7-4-12-23-15-17)19-9-2-1-8-18(19)16-6-3-11-22-14-16/h1-3,6,8-9,11,14,17,23-24,27H,4-5,7,10,12-13,15H2,(H,25,26)/t17-,21+/m1/s1. The second kappa shape index (κ2) is 8.97. The first-order valence-corrected chi connectivity index (χ1v) is 9.51. The highest BCUT2D eigenvalue weighted by atomic mass is 16.4. The Hall–Kier alpha value is -2.44. The zero-order valence-corrected chi connectivity index (χ0v) is 15.4. The van der Waals surface area contributed by atoms with Crippen LogP contribution in [0.2, 0.25) is 0 Å². The molecular weight excluding hydrogens is 342 g/mol. The minimum absolute atomic E-state index is 0.0777. The summed E-state index contributed by atoms with van der Waals surface area (Å²) in [5, 5.41) is 26.5. The van der Waals surface area contributed by atoms with Gasteiger partial charge in [-0.1, -0.05) is 30.3 Å². The minimum atomic E-state index is -1.03. The number of nitrogens with one attached hydrogen (secondary N) is 2. The Morgan fingerprint density at radius 1 is 1.30 bits per heavy atom. The van der Waals surface area contributed by atoms with E-state index < -0.39 is 11.7 Å². The third-order valence-corrected chi connectivity index (χ3v) is 5.35. The molecule has 1 saturated heterocycles. The summed E-state index contributed by atoms with van der Waals surface area (Å²) in [6.45, 7) is 2.05. The van der Waals surface area contributed by atoms with Crippen LogP contribution in [0.4, 0.5) is 4.79 Å². The summed E-state index contributed by atoms with van der Waals surface area (Å²) < 4.78 is 0. The molecule has 0 unspecified atom stereocenters. The van der Waals surface area contributed by atoms with Gasteiger partial charge in [0, 0.05) is 37.0 Å². The zero-order valence-electron chi connectivity index (χ0n) is 15.4. The molecule has 1 aliphatic rings. The monoisotopic (exact) mass is 369 g/mol. The Kier molecular flexibility index (Phi) is 6.42. The molecule has 144 valence electrons. The van der Waals surface area contributed by atoms with E-state index in [0.717, 1.165) is 42.6 Å². The van der Waals surface area contributed by atoms with E-state index in [4.69, 9.17) is 5.11 Å². The number of hydrogen-bond donors (Lipinski definition) is 4. The van der Waals surface area contributed by atoms with Crippen molar-refractivity contribution in [3.8, 4) is 11.1 Å². The Morgan fingerprint density at radius 3 is 2.85 bits per heavy atom. The average molecular weight is 369 g/mol. The van der Waals surface area contributed by atoms with E-state index in [1.807, 2.05) is 42.6 Å². The van der Waals surface area contributed by atoms with Gasteiger partial charge in [0.1, 0.15) is 0 Å². The number of piperidine rings is 1. The molecule has 4 N–H and O–H groups in total. The summed E-state index contributed by atoms with van der Waals surface area (Å²) in [6, 6.07) is 11.8. The van der Waals surface area contributed by atoms with Crippen LogP contribution in [-0.4, -0.2) is 40.9 Å². The number of pyridine rings is 1. The molecule has 1 aliphatic heterocycles. The van der Waals surface area contributed by atoms with E-state index in [9.17, 15) is 9.90 Å². The SMILES string of the molecule is O=C(O)NCCC[C@@](O)(c1ccccc1-c1cccnc1)[C@@H]1CCCNC1. The Morgan fingerprint density at radius 2 is 2.15 bits per heavy atom. The van der Waals surface area contributed by atoms with E-state index in [1.165, 1.54) is 0 Å². The predicted molar refractivity (Wildman–Crippen MR) is 104 cm³/mol. The van der Waals surface area contributed by atoms with Gasteiger partial charge in [0.15, 0.2) is 0 Å². The van der Waals surface area contributed by atoms with Crippen LogP contribution in [0.5, 0.6) is 0 Å². The lowest BCUT2D eigenvalue weighted by molar-refractivity contribution is -0.0415. The van der Waals surface area contributed by atoms with Crippen LogP contribution in [0.3, 0.4) is 0 Å². The third kappa shape index (κ3) is 4.64. The Labute approximate surface area is 159 Å². The lowest BCUT2D eigenvalue weighted by Crippen LogP contribution is -2.45. The smallest absolute Gasteiger partial charge is 0.404 e. The molecule has 0 radical (unpaired) electrons. The number of aliphatic hydroxyl groups is 1. The van der Waals surface area contributed by atoms with Crippen molar-refractivity contribution in [2.75, 3.05) is 19.6 Å². The van der Waals surface area contributed by atoms with Crippen molar-refractivity contribution in [2.24, 2.45) is 5.92 Å². The maximum Gasteiger partial charge on any atom is 0.404 e. The first kappa shape index (κ1) is 19.3. The van der Waals surface area contributed by atoms with Crippen molar-refractivity contribution in [3.63, 3.8) is 0 Å². The Bertz CT molecular complexity index is 747. The number of amides is 1. The molecule has 6 nitrogen and oxygen atoms in total. The van der Waals surface area contributed by atoms with Crippen LogP contribution in [0, 0.1) is 5.92 Å². The predicted octanol–water partition coefficient (Wildman–Crippen LogP) is 2.98. The molecule has 2 heterocycles. The molecule has 0 spiro atoms. The molecule has 6 heteroatoms. The van der Waals surface area contributed by atoms with E-state index >= 15 is 0 Å². The topological polar surface area (TPSA) is 94.5 Å². The van der Waals surface area contributed by atoms with Crippen molar-refractivity contribution in [2.45, 2.75) is 31.3 Å². The summed E-state index contributed by atoms with van der Waals surface area (Å²) in [6.07, 6.45) is 5.55. The molecule has 3 rings (SSSR count). The number of rotatable bonds is 7. The molecule has 1 aromatic carbocycles. The van der Waals surface area contributed by atoms with Crippen LogP contribution in [0.1, 0.15) is 31.2 Å². The molecule has 1 aromatic heterocycles. The highest BCUT2D eigenvalue weighted by molar-refractivity contribution is 5.68. The van der Waals surface area contributed by atoms with Gasteiger partial charge in [-0.3, -0.25) is 4.98 Å². The maximum atomic E-state index is 11.9. The number of hydrogen-bond acceptors (Lipinski definition) is 4. The summed E-state index contributed by atoms with van der Waals surface area (Å²) in [5.74, 6) is 0.0777. The van der Waals surface area contributed by atoms with Gasteiger partial charge in [-0.05, 0) is 49.4 Å². The van der Waals surface area contributed by atoms with Gasteiger partial charge in [-0.15, -0.1) is 0 Å². The van der Waals surface area contributed by atoms with Crippen molar-refractivity contribution in [1.29, 1.82) is 0 Å². The van der Waals surface area contributed by atoms with E-state index in [0.29, 0.717) is 19.4 Å². The third-order valence-electron chi connectivity index (χ3n) is 5.35. The normalized spacial score (nSPS) is 19.2. The molecule has 2 atom stereocenters. The van der Waals surface area contributed by atoms with Gasteiger partial charge in [0.25, 0.3) is 0 Å². The second-order valence-corrected chi connectivity index (χ2v) is 7.09. The number of benzene rings is 1. The van der Waals surface area contributed by atoms with Crippen LogP contribution in [0.25, 0.3) is 11.1 Å². The van der Waals surface area contributed by atoms with Crippen molar-refractivity contribution < 1.29 is 15.0 Å². The van der Waals surface area contributed by atoms with E-state index in [-0.39, 0.29) is 5.92 Å². The fourth-order valence-corrected chi connectivity index (χ4v) is 4.01. The quantitative estimate of drug-likeness (QED) is 0.563. The van der Waals surface area contributed by atoms with Crippen molar-refractivity contribution in [1.82, 2.24) is 15.6 Å². The van der Waals surface area contributed by atoms with Crippen molar-refractivity contribution in [3.05, 3.63) is 54.4 Å². The molecule has 0 bridgehead atoms. The first-order valence-electron chi connectivity index (χ1n) is 9.51.